The van der Waals surface area contributed by atoms with E-state index in [0.717, 1.165) is 5.56 Å². The van der Waals surface area contributed by atoms with Crippen molar-refractivity contribution in [3.05, 3.63) is 65.7 Å². The van der Waals surface area contributed by atoms with Crippen molar-refractivity contribution in [1.29, 1.82) is 0 Å². The zero-order chi connectivity index (χ0) is 15.5. The van der Waals surface area contributed by atoms with Gasteiger partial charge in [-0.05, 0) is 30.7 Å². The Kier molecular flexibility index (Phi) is 4.65. The van der Waals surface area contributed by atoms with E-state index in [1.54, 1.807) is 6.07 Å². The lowest BCUT2D eigenvalue weighted by atomic mass is 10.1. The van der Waals surface area contributed by atoms with Crippen LogP contribution in [0.15, 0.2) is 59.5 Å². The first-order valence-corrected chi connectivity index (χ1v) is 8.59. The van der Waals surface area contributed by atoms with Gasteiger partial charge in [-0.3, -0.25) is 4.79 Å². The molecule has 1 amide bonds. The molecule has 2 rings (SSSR count). The number of hydrogen-bond acceptors (Lipinski definition) is 3. The van der Waals surface area contributed by atoms with Gasteiger partial charge in [0.2, 0.25) is 0 Å². The monoisotopic (exact) mass is 323 g/mol. The van der Waals surface area contributed by atoms with Crippen molar-refractivity contribution in [2.24, 2.45) is 0 Å². The summed E-state index contributed by atoms with van der Waals surface area (Å²) in [5.41, 5.74) is 1.21. The van der Waals surface area contributed by atoms with Crippen LogP contribution in [0.2, 0.25) is 0 Å². The highest BCUT2D eigenvalue weighted by Gasteiger charge is 2.15. The lowest BCUT2D eigenvalue weighted by molar-refractivity contribution is 0.0939. The summed E-state index contributed by atoms with van der Waals surface area (Å²) in [6.07, 6.45) is 0. The summed E-state index contributed by atoms with van der Waals surface area (Å²) in [5.74, 6) is -0.353. The average molecular weight is 324 g/mol. The highest BCUT2D eigenvalue weighted by Crippen LogP contribution is 2.17. The van der Waals surface area contributed by atoms with Gasteiger partial charge in [-0.1, -0.05) is 36.4 Å². The van der Waals surface area contributed by atoms with Gasteiger partial charge < -0.3 is 5.32 Å². The van der Waals surface area contributed by atoms with Crippen molar-refractivity contribution in [3.63, 3.8) is 0 Å². The van der Waals surface area contributed by atoms with Crippen LogP contribution in [-0.2, 0) is 9.05 Å². The number of rotatable bonds is 4. The molecule has 1 atom stereocenters. The summed E-state index contributed by atoms with van der Waals surface area (Å²) in [6.45, 7) is 1.86. The molecule has 0 heterocycles. The number of nitrogens with one attached hydrogen (secondary N) is 1. The van der Waals surface area contributed by atoms with Gasteiger partial charge in [0.1, 0.15) is 0 Å². The molecule has 2 aromatic rings. The highest BCUT2D eigenvalue weighted by atomic mass is 35.7. The predicted octanol–water partition coefficient (Wildman–Crippen LogP) is 3.11. The third kappa shape index (κ3) is 4.06. The third-order valence-electron chi connectivity index (χ3n) is 3.02. The second-order valence-corrected chi connectivity index (χ2v) is 7.14. The van der Waals surface area contributed by atoms with Gasteiger partial charge in [0.05, 0.1) is 10.9 Å². The lowest BCUT2D eigenvalue weighted by Gasteiger charge is -2.14. The Bertz CT molecular complexity index is 745. The Hall–Kier alpha value is -1.85. The standard InChI is InChI=1S/C15H14ClNO3S/c1-11(12-6-3-2-4-7-12)17-15(18)13-8-5-9-14(10-13)21(16,19)20/h2-11H,1H3,(H,17,18). The van der Waals surface area contributed by atoms with Crippen LogP contribution in [0.5, 0.6) is 0 Å². The Morgan fingerprint density at radius 1 is 1.10 bits per heavy atom. The second-order valence-electron chi connectivity index (χ2n) is 4.57. The summed E-state index contributed by atoms with van der Waals surface area (Å²) in [6, 6.07) is 14.9. The molecule has 0 aromatic heterocycles. The molecule has 6 heteroatoms. The highest BCUT2D eigenvalue weighted by molar-refractivity contribution is 8.13. The fourth-order valence-electron chi connectivity index (χ4n) is 1.89. The van der Waals surface area contributed by atoms with Crippen LogP contribution in [-0.4, -0.2) is 14.3 Å². The first kappa shape index (κ1) is 15.5. The third-order valence-corrected chi connectivity index (χ3v) is 4.38. The number of carbonyl (C=O) groups excluding carboxylic acids is 1. The van der Waals surface area contributed by atoms with Crippen molar-refractivity contribution in [2.75, 3.05) is 0 Å². The molecular formula is C15H14ClNO3S. The van der Waals surface area contributed by atoms with Crippen molar-refractivity contribution in [3.8, 4) is 0 Å². The van der Waals surface area contributed by atoms with Gasteiger partial charge in [-0.2, -0.15) is 0 Å². The number of halogens is 1. The van der Waals surface area contributed by atoms with Crippen LogP contribution in [0.3, 0.4) is 0 Å². The van der Waals surface area contributed by atoms with E-state index in [4.69, 9.17) is 10.7 Å². The molecule has 1 N–H and O–H groups in total. The van der Waals surface area contributed by atoms with Gasteiger partial charge in [-0.15, -0.1) is 0 Å². The van der Waals surface area contributed by atoms with Crippen molar-refractivity contribution in [2.45, 2.75) is 17.9 Å². The van der Waals surface area contributed by atoms with Crippen molar-refractivity contribution in [1.82, 2.24) is 5.32 Å². The molecule has 2 aromatic carbocycles. The number of hydrogen-bond donors (Lipinski definition) is 1. The second kappa shape index (κ2) is 6.28. The lowest BCUT2D eigenvalue weighted by Crippen LogP contribution is -2.26. The van der Waals surface area contributed by atoms with Crippen LogP contribution >= 0.6 is 10.7 Å². The molecule has 4 nitrogen and oxygen atoms in total. The van der Waals surface area contributed by atoms with E-state index in [-0.39, 0.29) is 22.4 Å². The summed E-state index contributed by atoms with van der Waals surface area (Å²) >= 11 is 0. The largest absolute Gasteiger partial charge is 0.346 e. The summed E-state index contributed by atoms with van der Waals surface area (Å²) in [4.78, 5) is 12.1. The van der Waals surface area contributed by atoms with E-state index < -0.39 is 9.05 Å². The minimum atomic E-state index is -3.85. The van der Waals surface area contributed by atoms with Gasteiger partial charge in [0.15, 0.2) is 0 Å². The van der Waals surface area contributed by atoms with Crippen molar-refractivity contribution >= 4 is 25.6 Å². The molecule has 0 spiro atoms. The summed E-state index contributed by atoms with van der Waals surface area (Å²) in [5, 5.41) is 2.81. The maximum absolute atomic E-state index is 12.2. The summed E-state index contributed by atoms with van der Waals surface area (Å²) < 4.78 is 22.6. The molecular weight excluding hydrogens is 310 g/mol. The minimum Gasteiger partial charge on any atom is -0.346 e. The summed E-state index contributed by atoms with van der Waals surface area (Å²) in [7, 11) is 1.43. The number of carbonyl (C=O) groups is 1. The molecule has 110 valence electrons. The van der Waals surface area contributed by atoms with Crippen LogP contribution in [0.25, 0.3) is 0 Å². The van der Waals surface area contributed by atoms with E-state index >= 15 is 0 Å². The number of benzene rings is 2. The molecule has 21 heavy (non-hydrogen) atoms. The Morgan fingerprint density at radius 2 is 1.76 bits per heavy atom. The van der Waals surface area contributed by atoms with Crippen LogP contribution in [0, 0.1) is 0 Å². The quantitative estimate of drug-likeness (QED) is 0.879. The Balaban J connectivity index is 2.18. The zero-order valence-corrected chi connectivity index (χ0v) is 12.9. The van der Waals surface area contributed by atoms with E-state index in [9.17, 15) is 13.2 Å². The fourth-order valence-corrected chi connectivity index (χ4v) is 2.69. The van der Waals surface area contributed by atoms with Gasteiger partial charge in [0.25, 0.3) is 15.0 Å². The molecule has 0 bridgehead atoms. The van der Waals surface area contributed by atoms with E-state index in [1.165, 1.54) is 18.2 Å². The Labute approximate surface area is 128 Å². The topological polar surface area (TPSA) is 63.2 Å². The van der Waals surface area contributed by atoms with Crippen LogP contribution in [0.4, 0.5) is 0 Å². The average Bonchev–Trinajstić information content (AvgIpc) is 2.47. The molecule has 0 radical (unpaired) electrons. The Morgan fingerprint density at radius 3 is 2.38 bits per heavy atom. The number of amides is 1. The molecule has 0 aliphatic heterocycles. The van der Waals surface area contributed by atoms with Gasteiger partial charge in [0, 0.05) is 16.2 Å². The van der Waals surface area contributed by atoms with Gasteiger partial charge >= 0.3 is 0 Å². The smallest absolute Gasteiger partial charge is 0.261 e. The SMILES string of the molecule is CC(NC(=O)c1cccc(S(=O)(=O)Cl)c1)c1ccccc1. The molecule has 0 saturated heterocycles. The normalized spacial score (nSPS) is 12.7. The minimum absolute atomic E-state index is 0.0934. The van der Waals surface area contributed by atoms with Crippen molar-refractivity contribution < 1.29 is 13.2 Å². The predicted molar refractivity (Wildman–Crippen MR) is 81.8 cm³/mol. The maximum atomic E-state index is 12.2. The van der Waals surface area contributed by atoms with E-state index in [2.05, 4.69) is 5.32 Å². The molecule has 0 aliphatic rings. The van der Waals surface area contributed by atoms with Crippen LogP contribution < -0.4 is 5.32 Å². The van der Waals surface area contributed by atoms with Crippen LogP contribution in [0.1, 0.15) is 28.9 Å². The zero-order valence-electron chi connectivity index (χ0n) is 11.3. The molecule has 0 fully saturated rings. The first-order chi connectivity index (χ1) is 9.88. The molecule has 0 aliphatic carbocycles. The van der Waals surface area contributed by atoms with Gasteiger partial charge in [-0.25, -0.2) is 8.42 Å². The van der Waals surface area contributed by atoms with E-state index in [1.807, 2.05) is 37.3 Å². The first-order valence-electron chi connectivity index (χ1n) is 6.28. The molecule has 0 saturated carbocycles. The molecule has 1 unspecified atom stereocenters. The maximum Gasteiger partial charge on any atom is 0.261 e. The fraction of sp³-hybridized carbons (Fsp3) is 0.133. The van der Waals surface area contributed by atoms with E-state index in [0.29, 0.717) is 0 Å².